The number of likely N-dealkylation sites (N-methyl/N-ethyl adjacent to an activating group) is 1. The first-order valence-electron chi connectivity index (χ1n) is 7.84. The van der Waals surface area contributed by atoms with E-state index in [-0.39, 0.29) is 5.54 Å². The van der Waals surface area contributed by atoms with Gasteiger partial charge >= 0.3 is 0 Å². The molecule has 0 bridgehead atoms. The minimum atomic E-state index is 0.271. The lowest BCUT2D eigenvalue weighted by atomic mass is 9.84. The lowest BCUT2D eigenvalue weighted by Gasteiger charge is -2.40. The van der Waals surface area contributed by atoms with Crippen molar-refractivity contribution in [2.24, 2.45) is 5.92 Å². The largest absolute Gasteiger partial charge is 0.310 e. The van der Waals surface area contributed by atoms with Gasteiger partial charge in [-0.15, -0.1) is 0 Å². The van der Waals surface area contributed by atoms with Gasteiger partial charge in [0.05, 0.1) is 0 Å². The maximum atomic E-state index is 3.70. The molecule has 0 aromatic heterocycles. The average Bonchev–Trinajstić information content (AvgIpc) is 2.36. The van der Waals surface area contributed by atoms with E-state index in [9.17, 15) is 0 Å². The molecule has 0 amide bonds. The number of hydrogen-bond donors (Lipinski definition) is 1. The van der Waals surface area contributed by atoms with Crippen LogP contribution in [0.2, 0.25) is 0 Å². The van der Waals surface area contributed by atoms with Gasteiger partial charge in [-0.05, 0) is 53.0 Å². The molecule has 1 saturated carbocycles. The van der Waals surface area contributed by atoms with Crippen molar-refractivity contribution < 1.29 is 0 Å². The Bertz CT molecular complexity index is 237. The van der Waals surface area contributed by atoms with Crippen LogP contribution in [-0.2, 0) is 0 Å². The molecule has 0 aromatic carbocycles. The molecule has 0 aromatic rings. The quantitative estimate of drug-likeness (QED) is 0.778. The monoisotopic (exact) mass is 254 g/mol. The van der Waals surface area contributed by atoms with Crippen LogP contribution < -0.4 is 5.32 Å². The zero-order chi connectivity index (χ0) is 13.8. The first kappa shape index (κ1) is 16.0. The summed E-state index contributed by atoms with van der Waals surface area (Å²) in [4.78, 5) is 2.61. The van der Waals surface area contributed by atoms with E-state index in [0.29, 0.717) is 6.04 Å². The Morgan fingerprint density at radius 3 is 2.44 bits per heavy atom. The summed E-state index contributed by atoms with van der Waals surface area (Å²) in [6.45, 7) is 12.7. The van der Waals surface area contributed by atoms with E-state index < -0.39 is 0 Å². The molecule has 1 fully saturated rings. The van der Waals surface area contributed by atoms with Crippen molar-refractivity contribution in [1.29, 1.82) is 0 Å². The van der Waals surface area contributed by atoms with E-state index in [0.717, 1.165) is 18.5 Å². The lowest BCUT2D eigenvalue weighted by Crippen LogP contribution is -2.51. The van der Waals surface area contributed by atoms with Gasteiger partial charge in [-0.2, -0.15) is 0 Å². The maximum absolute atomic E-state index is 3.70. The van der Waals surface area contributed by atoms with Gasteiger partial charge in [-0.25, -0.2) is 0 Å². The van der Waals surface area contributed by atoms with Crippen LogP contribution in [-0.4, -0.2) is 36.1 Å². The van der Waals surface area contributed by atoms with Crippen molar-refractivity contribution >= 4 is 0 Å². The highest BCUT2D eigenvalue weighted by Crippen LogP contribution is 2.28. The van der Waals surface area contributed by atoms with Gasteiger partial charge in [0.15, 0.2) is 0 Å². The Morgan fingerprint density at radius 2 is 1.89 bits per heavy atom. The Labute approximate surface area is 115 Å². The molecule has 108 valence electrons. The predicted molar refractivity (Wildman–Crippen MR) is 81.0 cm³/mol. The topological polar surface area (TPSA) is 15.3 Å². The molecule has 0 heterocycles. The Hall–Kier alpha value is -0.0800. The van der Waals surface area contributed by atoms with Crippen LogP contribution in [0.15, 0.2) is 0 Å². The molecule has 0 spiro atoms. The zero-order valence-corrected chi connectivity index (χ0v) is 13.4. The van der Waals surface area contributed by atoms with Crippen LogP contribution in [0, 0.1) is 5.92 Å². The first-order valence-corrected chi connectivity index (χ1v) is 7.84. The third-order valence-electron chi connectivity index (χ3n) is 5.04. The molecule has 0 radical (unpaired) electrons. The highest BCUT2D eigenvalue weighted by Gasteiger charge is 2.28. The molecular weight excluding hydrogens is 220 g/mol. The van der Waals surface area contributed by atoms with Crippen molar-refractivity contribution in [1.82, 2.24) is 10.2 Å². The molecule has 1 aliphatic rings. The molecule has 3 atom stereocenters. The summed E-state index contributed by atoms with van der Waals surface area (Å²) in [6, 6.07) is 1.42. The molecule has 0 saturated heterocycles. The fourth-order valence-electron chi connectivity index (χ4n) is 2.92. The van der Waals surface area contributed by atoms with Crippen molar-refractivity contribution in [3.63, 3.8) is 0 Å². The highest BCUT2D eigenvalue weighted by molar-refractivity contribution is 4.84. The fourth-order valence-corrected chi connectivity index (χ4v) is 2.92. The van der Waals surface area contributed by atoms with E-state index in [1.807, 2.05) is 0 Å². The summed E-state index contributed by atoms with van der Waals surface area (Å²) < 4.78 is 0. The SMILES string of the molecule is CCC(C)(C)NCC(C)N(C)C1CCCCC1C. The molecule has 1 rings (SSSR count). The van der Waals surface area contributed by atoms with Crippen LogP contribution in [0.25, 0.3) is 0 Å². The summed E-state index contributed by atoms with van der Waals surface area (Å²) in [5.74, 6) is 0.866. The van der Waals surface area contributed by atoms with Crippen LogP contribution in [0.3, 0.4) is 0 Å². The summed E-state index contributed by atoms with van der Waals surface area (Å²) in [5, 5.41) is 3.70. The summed E-state index contributed by atoms with van der Waals surface area (Å²) >= 11 is 0. The molecule has 1 aliphatic carbocycles. The van der Waals surface area contributed by atoms with Crippen molar-refractivity contribution in [3.05, 3.63) is 0 Å². The second-order valence-electron chi connectivity index (χ2n) is 6.96. The number of hydrogen-bond acceptors (Lipinski definition) is 2. The summed E-state index contributed by atoms with van der Waals surface area (Å²) in [6.07, 6.45) is 6.83. The van der Waals surface area contributed by atoms with Gasteiger partial charge < -0.3 is 5.32 Å². The molecule has 18 heavy (non-hydrogen) atoms. The molecule has 2 heteroatoms. The highest BCUT2D eigenvalue weighted by atomic mass is 15.2. The van der Waals surface area contributed by atoms with Crippen LogP contribution >= 0.6 is 0 Å². The Balaban J connectivity index is 2.42. The smallest absolute Gasteiger partial charge is 0.0192 e. The van der Waals surface area contributed by atoms with E-state index in [1.54, 1.807) is 0 Å². The first-order chi connectivity index (χ1) is 8.37. The zero-order valence-electron chi connectivity index (χ0n) is 13.4. The van der Waals surface area contributed by atoms with Crippen LogP contribution in [0.1, 0.15) is 66.7 Å². The average molecular weight is 254 g/mol. The van der Waals surface area contributed by atoms with Gasteiger partial charge in [-0.1, -0.05) is 26.7 Å². The summed E-state index contributed by atoms with van der Waals surface area (Å²) in [7, 11) is 2.32. The molecule has 3 unspecified atom stereocenters. The third kappa shape index (κ3) is 4.55. The molecular formula is C16H34N2. The minimum Gasteiger partial charge on any atom is -0.310 e. The number of rotatable bonds is 6. The van der Waals surface area contributed by atoms with Crippen molar-refractivity contribution in [2.45, 2.75) is 84.3 Å². The summed E-state index contributed by atoms with van der Waals surface area (Å²) in [5.41, 5.74) is 0.271. The van der Waals surface area contributed by atoms with E-state index in [1.165, 1.54) is 32.1 Å². The van der Waals surface area contributed by atoms with Crippen molar-refractivity contribution in [3.8, 4) is 0 Å². The second-order valence-corrected chi connectivity index (χ2v) is 6.96. The van der Waals surface area contributed by atoms with Gasteiger partial charge in [0.2, 0.25) is 0 Å². The van der Waals surface area contributed by atoms with Crippen LogP contribution in [0.4, 0.5) is 0 Å². The van der Waals surface area contributed by atoms with E-state index in [2.05, 4.69) is 51.9 Å². The standard InChI is InChI=1S/C16H34N2/c1-7-16(4,5)17-12-14(3)18(6)15-11-9-8-10-13(15)2/h13-15,17H,7-12H2,1-6H3. The Kier molecular flexibility index (Phi) is 6.13. The van der Waals surface area contributed by atoms with E-state index >= 15 is 0 Å². The Morgan fingerprint density at radius 1 is 1.28 bits per heavy atom. The van der Waals surface area contributed by atoms with Gasteiger partial charge in [0.25, 0.3) is 0 Å². The van der Waals surface area contributed by atoms with Gasteiger partial charge in [0, 0.05) is 24.2 Å². The fraction of sp³-hybridized carbons (Fsp3) is 1.00. The maximum Gasteiger partial charge on any atom is 0.0192 e. The molecule has 1 N–H and O–H groups in total. The number of nitrogens with zero attached hydrogens (tertiary/aromatic N) is 1. The number of nitrogens with one attached hydrogen (secondary N) is 1. The third-order valence-corrected chi connectivity index (χ3v) is 5.04. The second kappa shape index (κ2) is 6.91. The minimum absolute atomic E-state index is 0.271. The van der Waals surface area contributed by atoms with E-state index in [4.69, 9.17) is 0 Å². The van der Waals surface area contributed by atoms with Crippen LogP contribution in [0.5, 0.6) is 0 Å². The predicted octanol–water partition coefficient (Wildman–Crippen LogP) is 3.66. The van der Waals surface area contributed by atoms with Gasteiger partial charge in [0.1, 0.15) is 0 Å². The molecule has 0 aliphatic heterocycles. The van der Waals surface area contributed by atoms with Gasteiger partial charge in [-0.3, -0.25) is 4.90 Å². The lowest BCUT2D eigenvalue weighted by molar-refractivity contribution is 0.0988. The molecule has 2 nitrogen and oxygen atoms in total. The van der Waals surface area contributed by atoms with Crippen molar-refractivity contribution in [2.75, 3.05) is 13.6 Å². The normalized spacial score (nSPS) is 27.5.